The summed E-state index contributed by atoms with van der Waals surface area (Å²) >= 11 is 1.41. The fraction of sp³-hybridized carbons (Fsp3) is 0.211. The standard InChI is InChI=1S/C19H19N3O2S/c1-2-24-16-11-9-15(10-12-16)18(23)20-19-22-21-17(25-19)13-8-14-6-4-3-5-7-14/h3-7,9-12H,2,8,13H2,1H3,(H,20,22,23). The van der Waals surface area contributed by atoms with Crippen molar-refractivity contribution in [2.45, 2.75) is 19.8 Å². The molecular formula is C19H19N3O2S. The summed E-state index contributed by atoms with van der Waals surface area (Å²) in [6.07, 6.45) is 1.71. The molecule has 128 valence electrons. The predicted octanol–water partition coefficient (Wildman–Crippen LogP) is 3.97. The molecule has 3 aromatic rings. The summed E-state index contributed by atoms with van der Waals surface area (Å²) in [7, 11) is 0. The van der Waals surface area contributed by atoms with Crippen molar-refractivity contribution in [3.63, 3.8) is 0 Å². The van der Waals surface area contributed by atoms with Crippen LogP contribution in [0.5, 0.6) is 5.75 Å². The van der Waals surface area contributed by atoms with Crippen molar-refractivity contribution in [3.8, 4) is 5.75 Å². The summed E-state index contributed by atoms with van der Waals surface area (Å²) in [6, 6.07) is 17.3. The van der Waals surface area contributed by atoms with Crippen LogP contribution in [0.25, 0.3) is 0 Å². The average Bonchev–Trinajstić information content (AvgIpc) is 3.09. The molecule has 5 nitrogen and oxygen atoms in total. The zero-order valence-electron chi connectivity index (χ0n) is 13.9. The number of amides is 1. The summed E-state index contributed by atoms with van der Waals surface area (Å²) < 4.78 is 5.37. The van der Waals surface area contributed by atoms with E-state index in [0.717, 1.165) is 23.6 Å². The molecule has 0 aliphatic heterocycles. The van der Waals surface area contributed by atoms with Crippen molar-refractivity contribution in [2.24, 2.45) is 0 Å². The van der Waals surface area contributed by atoms with Gasteiger partial charge >= 0.3 is 0 Å². The van der Waals surface area contributed by atoms with Gasteiger partial charge in [-0.15, -0.1) is 10.2 Å². The Morgan fingerprint density at radius 2 is 1.80 bits per heavy atom. The maximum atomic E-state index is 12.3. The second kappa shape index (κ2) is 8.39. The third-order valence-electron chi connectivity index (χ3n) is 3.59. The highest BCUT2D eigenvalue weighted by atomic mass is 32.1. The van der Waals surface area contributed by atoms with Crippen molar-refractivity contribution in [1.29, 1.82) is 0 Å². The molecule has 3 rings (SSSR count). The van der Waals surface area contributed by atoms with E-state index < -0.39 is 0 Å². The van der Waals surface area contributed by atoms with Gasteiger partial charge in [-0.3, -0.25) is 10.1 Å². The van der Waals surface area contributed by atoms with E-state index in [1.165, 1.54) is 16.9 Å². The number of carbonyl (C=O) groups is 1. The summed E-state index contributed by atoms with van der Waals surface area (Å²) in [4.78, 5) is 12.3. The molecule has 1 aromatic heterocycles. The molecular weight excluding hydrogens is 334 g/mol. The Kier molecular flexibility index (Phi) is 5.74. The lowest BCUT2D eigenvalue weighted by atomic mass is 10.1. The fourth-order valence-corrected chi connectivity index (χ4v) is 3.07. The van der Waals surface area contributed by atoms with Crippen LogP contribution in [0.15, 0.2) is 54.6 Å². The van der Waals surface area contributed by atoms with Crippen molar-refractivity contribution in [2.75, 3.05) is 11.9 Å². The van der Waals surface area contributed by atoms with E-state index in [4.69, 9.17) is 4.74 Å². The largest absolute Gasteiger partial charge is 0.494 e. The second-order valence-corrected chi connectivity index (χ2v) is 6.46. The molecule has 1 N–H and O–H groups in total. The van der Waals surface area contributed by atoms with Gasteiger partial charge in [0.15, 0.2) is 0 Å². The number of benzene rings is 2. The van der Waals surface area contributed by atoms with Gasteiger partial charge in [-0.25, -0.2) is 0 Å². The van der Waals surface area contributed by atoms with E-state index in [1.54, 1.807) is 24.3 Å². The number of hydrogen-bond acceptors (Lipinski definition) is 5. The first-order chi connectivity index (χ1) is 12.2. The zero-order chi connectivity index (χ0) is 17.5. The van der Waals surface area contributed by atoms with Gasteiger partial charge in [-0.1, -0.05) is 41.7 Å². The Morgan fingerprint density at radius 3 is 2.52 bits per heavy atom. The van der Waals surface area contributed by atoms with Gasteiger partial charge < -0.3 is 4.74 Å². The number of aromatic nitrogens is 2. The minimum absolute atomic E-state index is 0.200. The molecule has 2 aromatic carbocycles. The second-order valence-electron chi connectivity index (χ2n) is 5.40. The molecule has 0 aliphatic carbocycles. The molecule has 0 unspecified atom stereocenters. The lowest BCUT2D eigenvalue weighted by Crippen LogP contribution is -2.11. The first kappa shape index (κ1) is 17.1. The van der Waals surface area contributed by atoms with Gasteiger partial charge in [0.25, 0.3) is 5.91 Å². The fourth-order valence-electron chi connectivity index (χ4n) is 2.34. The van der Waals surface area contributed by atoms with E-state index >= 15 is 0 Å². The van der Waals surface area contributed by atoms with E-state index in [9.17, 15) is 4.79 Å². The van der Waals surface area contributed by atoms with Gasteiger partial charge in [0, 0.05) is 12.0 Å². The maximum absolute atomic E-state index is 12.3. The molecule has 1 amide bonds. The highest BCUT2D eigenvalue weighted by molar-refractivity contribution is 7.15. The molecule has 0 atom stereocenters. The summed E-state index contributed by atoms with van der Waals surface area (Å²) in [6.45, 7) is 2.52. The SMILES string of the molecule is CCOc1ccc(C(=O)Nc2nnc(CCc3ccccc3)s2)cc1. The molecule has 0 aliphatic rings. The van der Waals surface area contributed by atoms with E-state index in [2.05, 4.69) is 27.6 Å². The lowest BCUT2D eigenvalue weighted by molar-refractivity contribution is 0.102. The quantitative estimate of drug-likeness (QED) is 0.698. The number of aryl methyl sites for hydroxylation is 2. The molecule has 0 saturated carbocycles. The first-order valence-corrected chi connectivity index (χ1v) is 8.97. The molecule has 0 fully saturated rings. The van der Waals surface area contributed by atoms with Gasteiger partial charge in [0.2, 0.25) is 5.13 Å². The molecule has 6 heteroatoms. The first-order valence-electron chi connectivity index (χ1n) is 8.15. The van der Waals surface area contributed by atoms with E-state index in [0.29, 0.717) is 17.3 Å². The number of nitrogens with zero attached hydrogens (tertiary/aromatic N) is 2. The van der Waals surface area contributed by atoms with Gasteiger partial charge in [0.05, 0.1) is 6.61 Å². The van der Waals surface area contributed by atoms with E-state index in [-0.39, 0.29) is 5.91 Å². The zero-order valence-corrected chi connectivity index (χ0v) is 14.8. The van der Waals surface area contributed by atoms with Crippen molar-refractivity contribution in [1.82, 2.24) is 10.2 Å². The Morgan fingerprint density at radius 1 is 1.04 bits per heavy atom. The summed E-state index contributed by atoms with van der Waals surface area (Å²) in [5.41, 5.74) is 1.82. The average molecular weight is 353 g/mol. The third-order valence-corrected chi connectivity index (χ3v) is 4.48. The van der Waals surface area contributed by atoms with Crippen LogP contribution >= 0.6 is 11.3 Å². The maximum Gasteiger partial charge on any atom is 0.257 e. The Hall–Kier alpha value is -2.73. The minimum Gasteiger partial charge on any atom is -0.494 e. The molecule has 0 saturated heterocycles. The molecule has 25 heavy (non-hydrogen) atoms. The van der Waals surface area contributed by atoms with E-state index in [1.807, 2.05) is 25.1 Å². The van der Waals surface area contributed by atoms with Crippen molar-refractivity contribution in [3.05, 3.63) is 70.7 Å². The van der Waals surface area contributed by atoms with Crippen LogP contribution in [-0.4, -0.2) is 22.7 Å². The van der Waals surface area contributed by atoms with Gasteiger partial charge in [-0.2, -0.15) is 0 Å². The molecule has 0 radical (unpaired) electrons. The molecule has 1 heterocycles. The number of hydrogen-bond donors (Lipinski definition) is 1. The summed E-state index contributed by atoms with van der Waals surface area (Å²) in [5.74, 6) is 0.548. The number of ether oxygens (including phenoxy) is 1. The Balaban J connectivity index is 1.56. The third kappa shape index (κ3) is 4.87. The van der Waals surface area contributed by atoms with Gasteiger partial charge in [0.1, 0.15) is 10.8 Å². The molecule has 0 bridgehead atoms. The number of carbonyl (C=O) groups excluding carboxylic acids is 1. The van der Waals surface area contributed by atoms with Crippen LogP contribution in [0, 0.1) is 0 Å². The van der Waals surface area contributed by atoms with Crippen LogP contribution in [0.3, 0.4) is 0 Å². The minimum atomic E-state index is -0.200. The molecule has 0 spiro atoms. The highest BCUT2D eigenvalue weighted by Gasteiger charge is 2.10. The van der Waals surface area contributed by atoms with Crippen LogP contribution < -0.4 is 10.1 Å². The van der Waals surface area contributed by atoms with Crippen molar-refractivity contribution < 1.29 is 9.53 Å². The number of rotatable bonds is 7. The van der Waals surface area contributed by atoms with Crippen LogP contribution in [0.4, 0.5) is 5.13 Å². The predicted molar refractivity (Wildman–Crippen MR) is 99.3 cm³/mol. The normalized spacial score (nSPS) is 10.4. The highest BCUT2D eigenvalue weighted by Crippen LogP contribution is 2.19. The Bertz CT molecular complexity index is 816. The van der Waals surface area contributed by atoms with Crippen molar-refractivity contribution >= 4 is 22.4 Å². The monoisotopic (exact) mass is 353 g/mol. The van der Waals surface area contributed by atoms with Crippen LogP contribution in [-0.2, 0) is 12.8 Å². The topological polar surface area (TPSA) is 64.1 Å². The Labute approximate surface area is 150 Å². The number of anilines is 1. The van der Waals surface area contributed by atoms with Gasteiger partial charge in [-0.05, 0) is 43.2 Å². The number of nitrogens with one attached hydrogen (secondary N) is 1. The lowest BCUT2D eigenvalue weighted by Gasteiger charge is -2.04. The smallest absolute Gasteiger partial charge is 0.257 e. The summed E-state index contributed by atoms with van der Waals surface area (Å²) in [5, 5.41) is 12.4. The van der Waals surface area contributed by atoms with Crippen LogP contribution in [0.2, 0.25) is 0 Å². The van der Waals surface area contributed by atoms with Crippen LogP contribution in [0.1, 0.15) is 27.9 Å².